The van der Waals surface area contributed by atoms with Crippen molar-refractivity contribution in [2.45, 2.75) is 27.3 Å². The van der Waals surface area contributed by atoms with Crippen LogP contribution in [0.15, 0.2) is 45.6 Å². The summed E-state index contributed by atoms with van der Waals surface area (Å²) in [5.41, 5.74) is 4.03. The molecule has 1 aromatic heterocycles. The van der Waals surface area contributed by atoms with Crippen LogP contribution in [-0.2, 0) is 11.3 Å². The van der Waals surface area contributed by atoms with Crippen LogP contribution in [0.4, 0.5) is 5.69 Å². The Hall–Kier alpha value is -2.53. The third kappa shape index (κ3) is 3.33. The van der Waals surface area contributed by atoms with Crippen molar-refractivity contribution in [3.63, 3.8) is 0 Å². The van der Waals surface area contributed by atoms with E-state index in [1.807, 2.05) is 39.0 Å². The maximum Gasteiger partial charge on any atom is 0.420 e. The van der Waals surface area contributed by atoms with Gasteiger partial charge in [-0.2, -0.15) is 0 Å². The van der Waals surface area contributed by atoms with Crippen LogP contribution in [0, 0.1) is 13.8 Å². The minimum atomic E-state index is -0.568. The molecule has 0 aliphatic heterocycles. The molecule has 0 fully saturated rings. The molecule has 0 unspecified atom stereocenters. The molecule has 0 spiro atoms. The van der Waals surface area contributed by atoms with Crippen molar-refractivity contribution in [2.24, 2.45) is 0 Å². The molecular formula is C19H19ClN2O3. The standard InChI is InChI=1S/C19H19ClN2O3/c1-4-21(15-7-5-12(2)13(3)9-15)18(23)11-22-16-8-6-14(20)10-17(16)25-19(22)24/h5-10H,4,11H2,1-3H3. The van der Waals surface area contributed by atoms with E-state index in [2.05, 4.69) is 0 Å². The third-order valence-electron chi connectivity index (χ3n) is 4.34. The summed E-state index contributed by atoms with van der Waals surface area (Å²) in [5, 5.41) is 0.477. The molecule has 1 amide bonds. The lowest BCUT2D eigenvalue weighted by molar-refractivity contribution is -0.119. The maximum absolute atomic E-state index is 12.8. The Morgan fingerprint density at radius 3 is 2.60 bits per heavy atom. The number of rotatable bonds is 4. The summed E-state index contributed by atoms with van der Waals surface area (Å²) in [7, 11) is 0. The van der Waals surface area contributed by atoms with Crippen LogP contribution < -0.4 is 10.7 Å². The van der Waals surface area contributed by atoms with Crippen LogP contribution in [0.5, 0.6) is 0 Å². The Morgan fingerprint density at radius 1 is 1.16 bits per heavy atom. The fourth-order valence-corrected chi connectivity index (χ4v) is 2.97. The molecule has 130 valence electrons. The Balaban J connectivity index is 1.94. The van der Waals surface area contributed by atoms with Crippen molar-refractivity contribution in [1.29, 1.82) is 0 Å². The van der Waals surface area contributed by atoms with E-state index in [9.17, 15) is 9.59 Å². The molecule has 1 heterocycles. The number of anilines is 1. The summed E-state index contributed by atoms with van der Waals surface area (Å²) in [6.07, 6.45) is 0. The van der Waals surface area contributed by atoms with Crippen molar-refractivity contribution in [3.8, 4) is 0 Å². The molecule has 5 nitrogen and oxygen atoms in total. The number of carbonyl (C=O) groups excluding carboxylic acids is 1. The van der Waals surface area contributed by atoms with Crippen molar-refractivity contribution >= 4 is 34.3 Å². The first-order chi connectivity index (χ1) is 11.9. The fourth-order valence-electron chi connectivity index (χ4n) is 2.81. The van der Waals surface area contributed by atoms with Crippen molar-refractivity contribution in [2.75, 3.05) is 11.4 Å². The summed E-state index contributed by atoms with van der Waals surface area (Å²) < 4.78 is 6.52. The molecule has 0 atom stereocenters. The van der Waals surface area contributed by atoms with Gasteiger partial charge >= 0.3 is 5.76 Å². The smallest absolute Gasteiger partial charge is 0.408 e. The van der Waals surface area contributed by atoms with Crippen LogP contribution >= 0.6 is 11.6 Å². The van der Waals surface area contributed by atoms with Gasteiger partial charge in [0.2, 0.25) is 5.91 Å². The molecular weight excluding hydrogens is 340 g/mol. The van der Waals surface area contributed by atoms with Crippen molar-refractivity contribution < 1.29 is 9.21 Å². The molecule has 0 aliphatic rings. The van der Waals surface area contributed by atoms with E-state index in [1.54, 1.807) is 23.1 Å². The average Bonchev–Trinajstić information content (AvgIpc) is 2.86. The second kappa shape index (κ2) is 6.76. The second-order valence-electron chi connectivity index (χ2n) is 5.97. The van der Waals surface area contributed by atoms with Gasteiger partial charge in [-0.05, 0) is 56.2 Å². The number of halogens is 1. The summed E-state index contributed by atoms with van der Waals surface area (Å²) in [6, 6.07) is 10.8. The van der Waals surface area contributed by atoms with Gasteiger partial charge in [-0.25, -0.2) is 4.79 Å². The summed E-state index contributed by atoms with van der Waals surface area (Å²) in [4.78, 5) is 26.6. The SMILES string of the molecule is CCN(C(=O)Cn1c(=O)oc2cc(Cl)ccc21)c1ccc(C)c(C)c1. The van der Waals surface area contributed by atoms with E-state index < -0.39 is 5.76 Å². The van der Waals surface area contributed by atoms with Crippen LogP contribution in [0.25, 0.3) is 11.1 Å². The number of hydrogen-bond acceptors (Lipinski definition) is 3. The van der Waals surface area contributed by atoms with E-state index in [0.717, 1.165) is 11.3 Å². The van der Waals surface area contributed by atoms with E-state index in [1.165, 1.54) is 10.1 Å². The highest BCUT2D eigenvalue weighted by Crippen LogP contribution is 2.21. The van der Waals surface area contributed by atoms with E-state index in [0.29, 0.717) is 22.7 Å². The molecule has 6 heteroatoms. The fraction of sp³-hybridized carbons (Fsp3) is 0.263. The molecule has 3 aromatic rings. The van der Waals surface area contributed by atoms with Gasteiger partial charge in [0.25, 0.3) is 0 Å². The van der Waals surface area contributed by atoms with Gasteiger partial charge in [-0.15, -0.1) is 0 Å². The second-order valence-corrected chi connectivity index (χ2v) is 6.41. The lowest BCUT2D eigenvalue weighted by Gasteiger charge is -2.22. The number of nitrogens with zero attached hydrogens (tertiary/aromatic N) is 2. The number of fused-ring (bicyclic) bond motifs is 1. The summed E-state index contributed by atoms with van der Waals surface area (Å²) >= 11 is 5.92. The van der Waals surface area contributed by atoms with Gasteiger partial charge in [0.05, 0.1) is 5.52 Å². The monoisotopic (exact) mass is 358 g/mol. The lowest BCUT2D eigenvalue weighted by Crippen LogP contribution is -2.35. The summed E-state index contributed by atoms with van der Waals surface area (Å²) in [6.45, 7) is 6.36. The van der Waals surface area contributed by atoms with Gasteiger partial charge in [0.1, 0.15) is 6.54 Å². The number of aryl methyl sites for hydroxylation is 2. The number of benzene rings is 2. The first-order valence-corrected chi connectivity index (χ1v) is 8.45. The van der Waals surface area contributed by atoms with Gasteiger partial charge in [0.15, 0.2) is 5.58 Å². The normalized spacial score (nSPS) is 11.0. The number of amides is 1. The number of oxazole rings is 1. The maximum atomic E-state index is 12.8. The lowest BCUT2D eigenvalue weighted by atomic mass is 10.1. The molecule has 0 saturated heterocycles. The Bertz CT molecular complexity index is 1000. The van der Waals surface area contributed by atoms with Crippen LogP contribution in [0.2, 0.25) is 5.02 Å². The predicted molar refractivity (Wildman–Crippen MR) is 99.4 cm³/mol. The number of hydrogen-bond donors (Lipinski definition) is 0. The van der Waals surface area contributed by atoms with E-state index in [4.69, 9.17) is 16.0 Å². The zero-order chi connectivity index (χ0) is 18.1. The van der Waals surface area contributed by atoms with E-state index in [-0.39, 0.29) is 12.5 Å². The topological polar surface area (TPSA) is 55.5 Å². The molecule has 2 aromatic carbocycles. The van der Waals surface area contributed by atoms with Crippen LogP contribution in [0.3, 0.4) is 0 Å². The Labute approximate surface area is 150 Å². The first kappa shape index (κ1) is 17.3. The average molecular weight is 359 g/mol. The Kier molecular flexibility index (Phi) is 4.68. The highest BCUT2D eigenvalue weighted by atomic mass is 35.5. The highest BCUT2D eigenvalue weighted by Gasteiger charge is 2.18. The molecule has 0 bridgehead atoms. The number of carbonyl (C=O) groups is 1. The minimum absolute atomic E-state index is 0.0891. The van der Waals surface area contributed by atoms with Crippen molar-refractivity contribution in [1.82, 2.24) is 4.57 Å². The van der Waals surface area contributed by atoms with E-state index >= 15 is 0 Å². The third-order valence-corrected chi connectivity index (χ3v) is 4.58. The van der Waals surface area contributed by atoms with Gasteiger partial charge < -0.3 is 9.32 Å². The number of likely N-dealkylation sites (N-methyl/N-ethyl adjacent to an activating group) is 1. The molecule has 0 aliphatic carbocycles. The molecule has 0 N–H and O–H groups in total. The van der Waals surface area contributed by atoms with Crippen LogP contribution in [-0.4, -0.2) is 17.0 Å². The first-order valence-electron chi connectivity index (χ1n) is 8.07. The van der Waals surface area contributed by atoms with Gasteiger partial charge in [-0.3, -0.25) is 9.36 Å². The molecule has 0 saturated carbocycles. The molecule has 25 heavy (non-hydrogen) atoms. The van der Waals surface area contributed by atoms with Gasteiger partial charge in [0, 0.05) is 23.3 Å². The molecule has 3 rings (SSSR count). The quantitative estimate of drug-likeness (QED) is 0.710. The minimum Gasteiger partial charge on any atom is -0.408 e. The number of aromatic nitrogens is 1. The van der Waals surface area contributed by atoms with Gasteiger partial charge in [-0.1, -0.05) is 17.7 Å². The van der Waals surface area contributed by atoms with Crippen LogP contribution in [0.1, 0.15) is 18.1 Å². The predicted octanol–water partition coefficient (Wildman–Crippen LogP) is 3.92. The Morgan fingerprint density at radius 2 is 1.92 bits per heavy atom. The van der Waals surface area contributed by atoms with Crippen molar-refractivity contribution in [3.05, 3.63) is 63.1 Å². The largest absolute Gasteiger partial charge is 0.420 e. The highest BCUT2D eigenvalue weighted by molar-refractivity contribution is 6.31. The zero-order valence-corrected chi connectivity index (χ0v) is 15.1. The zero-order valence-electron chi connectivity index (χ0n) is 14.4. The summed E-state index contributed by atoms with van der Waals surface area (Å²) in [5.74, 6) is -0.743. The molecule has 0 radical (unpaired) electrons.